The summed E-state index contributed by atoms with van der Waals surface area (Å²) >= 11 is 0. The third kappa shape index (κ3) is 9.03. The van der Waals surface area contributed by atoms with Crippen molar-refractivity contribution in [1.29, 1.82) is 0 Å². The molecule has 0 heterocycles. The summed E-state index contributed by atoms with van der Waals surface area (Å²) in [5, 5.41) is 21.2. The van der Waals surface area contributed by atoms with E-state index in [1.807, 2.05) is 4.90 Å². The smallest absolute Gasteiger partial charge is 0.404 e. The SMILES string of the molecule is NCCN(CCNC(=O)O)CCNC(=O)O. The molecular weight excluding hydrogens is 216 g/mol. The van der Waals surface area contributed by atoms with Crippen LogP contribution in [0.5, 0.6) is 0 Å². The van der Waals surface area contributed by atoms with Gasteiger partial charge in [-0.1, -0.05) is 0 Å². The molecule has 0 aliphatic carbocycles. The molecule has 6 N–H and O–H groups in total. The fourth-order valence-corrected chi connectivity index (χ4v) is 1.16. The molecule has 0 aromatic heterocycles. The molecule has 0 fully saturated rings. The van der Waals surface area contributed by atoms with Gasteiger partial charge in [0.1, 0.15) is 0 Å². The molecule has 0 aliphatic heterocycles. The van der Waals surface area contributed by atoms with E-state index in [2.05, 4.69) is 10.6 Å². The third-order valence-electron chi connectivity index (χ3n) is 1.85. The molecule has 0 radical (unpaired) electrons. The molecule has 0 aliphatic rings. The highest BCUT2D eigenvalue weighted by atomic mass is 16.4. The quantitative estimate of drug-likeness (QED) is 0.358. The zero-order valence-electron chi connectivity index (χ0n) is 8.98. The van der Waals surface area contributed by atoms with Crippen molar-refractivity contribution in [1.82, 2.24) is 15.5 Å². The predicted octanol–water partition coefficient (Wildman–Crippen LogP) is -1.22. The molecule has 2 amide bonds. The third-order valence-corrected chi connectivity index (χ3v) is 1.85. The zero-order chi connectivity index (χ0) is 12.4. The maximum Gasteiger partial charge on any atom is 0.404 e. The maximum atomic E-state index is 10.2. The van der Waals surface area contributed by atoms with E-state index in [0.717, 1.165) is 0 Å². The van der Waals surface area contributed by atoms with E-state index in [1.54, 1.807) is 0 Å². The monoisotopic (exact) mass is 234 g/mol. The number of amides is 2. The fourth-order valence-electron chi connectivity index (χ4n) is 1.16. The van der Waals surface area contributed by atoms with Crippen molar-refractivity contribution in [2.24, 2.45) is 5.73 Å². The number of hydrogen-bond donors (Lipinski definition) is 5. The Morgan fingerprint density at radius 2 is 1.44 bits per heavy atom. The topological polar surface area (TPSA) is 128 Å². The van der Waals surface area contributed by atoms with E-state index in [4.69, 9.17) is 15.9 Å². The maximum absolute atomic E-state index is 10.2. The second-order valence-corrected chi connectivity index (χ2v) is 3.09. The standard InChI is InChI=1S/C8H18N4O4/c9-1-4-12(5-2-10-7(13)14)6-3-11-8(15)16/h10-11H,1-6,9H2,(H,13,14)(H,15,16). The van der Waals surface area contributed by atoms with Gasteiger partial charge >= 0.3 is 12.2 Å². The summed E-state index contributed by atoms with van der Waals surface area (Å²) in [6.45, 7) is 2.64. The molecule has 0 unspecified atom stereocenters. The largest absolute Gasteiger partial charge is 0.465 e. The molecular formula is C8H18N4O4. The molecule has 16 heavy (non-hydrogen) atoms. The second kappa shape index (κ2) is 8.74. The Kier molecular flexibility index (Phi) is 7.90. The van der Waals surface area contributed by atoms with Crippen LogP contribution < -0.4 is 16.4 Å². The van der Waals surface area contributed by atoms with Gasteiger partial charge in [-0.05, 0) is 0 Å². The Balaban J connectivity index is 3.69. The van der Waals surface area contributed by atoms with Crippen molar-refractivity contribution < 1.29 is 19.8 Å². The average Bonchev–Trinajstić information content (AvgIpc) is 2.16. The van der Waals surface area contributed by atoms with Crippen LogP contribution in [0.2, 0.25) is 0 Å². The lowest BCUT2D eigenvalue weighted by atomic mass is 10.4. The number of nitrogens with zero attached hydrogens (tertiary/aromatic N) is 1. The van der Waals surface area contributed by atoms with Crippen molar-refractivity contribution in [3.05, 3.63) is 0 Å². The number of carbonyl (C=O) groups is 2. The highest BCUT2D eigenvalue weighted by molar-refractivity contribution is 5.64. The van der Waals surface area contributed by atoms with Gasteiger partial charge in [-0.2, -0.15) is 0 Å². The zero-order valence-corrected chi connectivity index (χ0v) is 8.98. The average molecular weight is 234 g/mol. The van der Waals surface area contributed by atoms with Crippen LogP contribution in [-0.4, -0.2) is 66.6 Å². The van der Waals surface area contributed by atoms with E-state index < -0.39 is 12.2 Å². The molecule has 0 spiro atoms. The van der Waals surface area contributed by atoms with Crippen molar-refractivity contribution in [2.45, 2.75) is 0 Å². The molecule has 94 valence electrons. The van der Waals surface area contributed by atoms with E-state index in [0.29, 0.717) is 39.3 Å². The minimum absolute atomic E-state index is 0.294. The van der Waals surface area contributed by atoms with Gasteiger partial charge in [0.15, 0.2) is 0 Å². The number of nitrogens with one attached hydrogen (secondary N) is 2. The van der Waals surface area contributed by atoms with Crippen molar-refractivity contribution >= 4 is 12.2 Å². The number of rotatable bonds is 8. The van der Waals surface area contributed by atoms with E-state index >= 15 is 0 Å². The number of hydrogen-bond acceptors (Lipinski definition) is 4. The first-order valence-electron chi connectivity index (χ1n) is 4.92. The lowest BCUT2D eigenvalue weighted by molar-refractivity contribution is 0.189. The summed E-state index contributed by atoms with van der Waals surface area (Å²) in [5.41, 5.74) is 5.38. The normalized spacial score (nSPS) is 10.1. The molecule has 0 bridgehead atoms. The number of carboxylic acid groups (broad SMARTS) is 2. The summed E-state index contributed by atoms with van der Waals surface area (Å²) in [5.74, 6) is 0. The Bertz CT molecular complexity index is 204. The molecule has 0 aromatic carbocycles. The van der Waals surface area contributed by atoms with Crippen molar-refractivity contribution in [3.63, 3.8) is 0 Å². The molecule has 0 saturated carbocycles. The molecule has 0 atom stereocenters. The van der Waals surface area contributed by atoms with E-state index in [-0.39, 0.29) is 0 Å². The molecule has 0 saturated heterocycles. The summed E-state index contributed by atoms with van der Waals surface area (Å²) in [6, 6.07) is 0. The Morgan fingerprint density at radius 3 is 1.75 bits per heavy atom. The molecule has 8 heteroatoms. The van der Waals surface area contributed by atoms with Crippen LogP contribution in [0.3, 0.4) is 0 Å². The van der Waals surface area contributed by atoms with E-state index in [1.165, 1.54) is 0 Å². The van der Waals surface area contributed by atoms with Gasteiger partial charge in [0, 0.05) is 39.3 Å². The fraction of sp³-hybridized carbons (Fsp3) is 0.750. The minimum atomic E-state index is -1.07. The van der Waals surface area contributed by atoms with Crippen LogP contribution in [0.15, 0.2) is 0 Å². The van der Waals surface area contributed by atoms with Crippen LogP contribution in [0, 0.1) is 0 Å². The Labute approximate surface area is 93.4 Å². The molecule has 0 rings (SSSR count). The van der Waals surface area contributed by atoms with E-state index in [9.17, 15) is 9.59 Å². The van der Waals surface area contributed by atoms with Gasteiger partial charge in [0.05, 0.1) is 0 Å². The highest BCUT2D eigenvalue weighted by Crippen LogP contribution is 1.85. The van der Waals surface area contributed by atoms with Gasteiger partial charge in [-0.25, -0.2) is 9.59 Å². The minimum Gasteiger partial charge on any atom is -0.465 e. The van der Waals surface area contributed by atoms with Gasteiger partial charge in [0.25, 0.3) is 0 Å². The van der Waals surface area contributed by atoms with Gasteiger partial charge < -0.3 is 26.6 Å². The number of nitrogens with two attached hydrogens (primary N) is 1. The molecule has 0 aromatic rings. The van der Waals surface area contributed by atoms with Crippen LogP contribution in [0.1, 0.15) is 0 Å². The molecule has 8 nitrogen and oxygen atoms in total. The van der Waals surface area contributed by atoms with Crippen molar-refractivity contribution in [2.75, 3.05) is 39.3 Å². The summed E-state index contributed by atoms with van der Waals surface area (Å²) in [7, 11) is 0. The first-order valence-corrected chi connectivity index (χ1v) is 4.92. The predicted molar refractivity (Wildman–Crippen MR) is 57.5 cm³/mol. The lowest BCUT2D eigenvalue weighted by Gasteiger charge is -2.21. The summed E-state index contributed by atoms with van der Waals surface area (Å²) in [6.07, 6.45) is -2.15. The van der Waals surface area contributed by atoms with Crippen molar-refractivity contribution in [3.8, 4) is 0 Å². The van der Waals surface area contributed by atoms with Crippen LogP contribution in [0.4, 0.5) is 9.59 Å². The first kappa shape index (κ1) is 14.5. The van der Waals surface area contributed by atoms with Gasteiger partial charge in [-0.15, -0.1) is 0 Å². The Hall–Kier alpha value is -1.54. The summed E-state index contributed by atoms with van der Waals surface area (Å²) in [4.78, 5) is 22.3. The first-order chi connectivity index (χ1) is 7.56. The van der Waals surface area contributed by atoms with Crippen LogP contribution in [0.25, 0.3) is 0 Å². The van der Waals surface area contributed by atoms with Crippen LogP contribution >= 0.6 is 0 Å². The van der Waals surface area contributed by atoms with Crippen LogP contribution in [-0.2, 0) is 0 Å². The Morgan fingerprint density at radius 1 is 1.00 bits per heavy atom. The van der Waals surface area contributed by atoms with Gasteiger partial charge in [0.2, 0.25) is 0 Å². The highest BCUT2D eigenvalue weighted by Gasteiger charge is 2.05. The lowest BCUT2D eigenvalue weighted by Crippen LogP contribution is -2.41. The summed E-state index contributed by atoms with van der Waals surface area (Å²) < 4.78 is 0. The van der Waals surface area contributed by atoms with Gasteiger partial charge in [-0.3, -0.25) is 4.90 Å². The second-order valence-electron chi connectivity index (χ2n) is 3.09.